The molecule has 0 aromatic rings. The van der Waals surface area contributed by atoms with E-state index in [0.717, 1.165) is 25.7 Å². The van der Waals surface area contributed by atoms with E-state index in [-0.39, 0.29) is 40.1 Å². The van der Waals surface area contributed by atoms with Crippen LogP contribution in [-0.2, 0) is 9.59 Å². The molecule has 0 radical (unpaired) electrons. The highest BCUT2D eigenvalue weighted by atomic mass is 16.2. The summed E-state index contributed by atoms with van der Waals surface area (Å²) < 4.78 is 0. The number of fused-ring (bicyclic) bond motifs is 5. The van der Waals surface area contributed by atoms with E-state index in [4.69, 9.17) is 0 Å². The van der Waals surface area contributed by atoms with Crippen molar-refractivity contribution in [3.63, 3.8) is 0 Å². The lowest BCUT2D eigenvalue weighted by Crippen LogP contribution is -2.59. The zero-order valence-corrected chi connectivity index (χ0v) is 18.3. The van der Waals surface area contributed by atoms with Gasteiger partial charge in [0.2, 0.25) is 11.8 Å². The number of amides is 2. The maximum Gasteiger partial charge on any atom is 0.243 e. The number of nitrogens with one attached hydrogen (secondary N) is 2. The molecule has 0 aromatic heterocycles. The Morgan fingerprint density at radius 1 is 1.18 bits per heavy atom. The van der Waals surface area contributed by atoms with Crippen LogP contribution in [-0.4, -0.2) is 23.4 Å². The summed E-state index contributed by atoms with van der Waals surface area (Å²) in [5.74, 6) is 2.43. The zero-order chi connectivity index (χ0) is 20.3. The van der Waals surface area contributed by atoms with Crippen LogP contribution in [0.2, 0.25) is 0 Å². The second kappa shape index (κ2) is 6.60. The average Bonchev–Trinajstić information content (AvgIpc) is 2.99. The first-order valence-corrected chi connectivity index (χ1v) is 11.4. The van der Waals surface area contributed by atoms with Crippen molar-refractivity contribution in [2.75, 3.05) is 0 Å². The summed E-state index contributed by atoms with van der Waals surface area (Å²) in [5, 5.41) is 6.57. The summed E-state index contributed by atoms with van der Waals surface area (Å²) in [6.07, 6.45) is 11.7. The van der Waals surface area contributed by atoms with Crippen LogP contribution in [0.25, 0.3) is 0 Å². The molecule has 2 amide bonds. The first kappa shape index (κ1) is 20.0. The van der Waals surface area contributed by atoms with Crippen molar-refractivity contribution in [3.05, 3.63) is 12.2 Å². The molecule has 1 heterocycles. The molecule has 3 aliphatic carbocycles. The van der Waals surface area contributed by atoms with Crippen LogP contribution < -0.4 is 10.6 Å². The molecule has 4 rings (SSSR count). The number of hydrogen-bond acceptors (Lipinski definition) is 2. The normalized spacial score (nSPS) is 44.9. The standard InChI is InChI=1S/C24H38N2O2/c1-6-22(2,3)26-21(28)18-9-8-16-15-7-10-19-24(5,14-12-20(27)25-19)17(15)11-13-23(16,18)4/h12,14-19H,6-11,13H2,1-5H3,(H,25,27)(H,26,28). The molecule has 3 fully saturated rings. The van der Waals surface area contributed by atoms with Gasteiger partial charge in [0.15, 0.2) is 0 Å². The van der Waals surface area contributed by atoms with Gasteiger partial charge in [-0.05, 0) is 88.0 Å². The van der Waals surface area contributed by atoms with Crippen LogP contribution >= 0.6 is 0 Å². The van der Waals surface area contributed by atoms with Gasteiger partial charge in [-0.3, -0.25) is 9.59 Å². The minimum Gasteiger partial charge on any atom is -0.351 e. The average molecular weight is 387 g/mol. The van der Waals surface area contributed by atoms with Crippen molar-refractivity contribution in [3.8, 4) is 0 Å². The molecule has 4 aliphatic rings. The fourth-order valence-corrected chi connectivity index (χ4v) is 7.27. The Morgan fingerprint density at radius 2 is 1.93 bits per heavy atom. The Kier molecular flexibility index (Phi) is 4.71. The molecule has 4 heteroatoms. The fourth-order valence-electron chi connectivity index (χ4n) is 7.27. The van der Waals surface area contributed by atoms with E-state index in [1.807, 2.05) is 0 Å². The van der Waals surface area contributed by atoms with Gasteiger partial charge >= 0.3 is 0 Å². The van der Waals surface area contributed by atoms with Gasteiger partial charge < -0.3 is 10.6 Å². The van der Waals surface area contributed by atoms with Crippen LogP contribution in [0.5, 0.6) is 0 Å². The second-order valence-corrected chi connectivity index (χ2v) is 11.1. The SMILES string of the molecule is CCC(C)(C)NC(=O)C1CCC2C3CCC4NC(=O)C=CC4(C)C3CCC12C. The number of carbonyl (C=O) groups is 2. The summed E-state index contributed by atoms with van der Waals surface area (Å²) in [4.78, 5) is 25.1. The lowest BCUT2D eigenvalue weighted by molar-refractivity contribution is -0.135. The highest BCUT2D eigenvalue weighted by Gasteiger charge is 2.61. The van der Waals surface area contributed by atoms with Crippen molar-refractivity contribution < 1.29 is 9.59 Å². The summed E-state index contributed by atoms with van der Waals surface area (Å²) in [7, 11) is 0. The quantitative estimate of drug-likeness (QED) is 0.763. The van der Waals surface area contributed by atoms with Crippen molar-refractivity contribution in [2.24, 2.45) is 34.5 Å². The van der Waals surface area contributed by atoms with E-state index in [9.17, 15) is 9.59 Å². The molecular formula is C24H38N2O2. The Balaban J connectivity index is 1.56. The van der Waals surface area contributed by atoms with E-state index in [0.29, 0.717) is 17.8 Å². The Morgan fingerprint density at radius 3 is 2.64 bits per heavy atom. The van der Waals surface area contributed by atoms with E-state index < -0.39 is 0 Å². The summed E-state index contributed by atoms with van der Waals surface area (Å²) in [6.45, 7) is 11.2. The number of rotatable bonds is 3. The topological polar surface area (TPSA) is 58.2 Å². The van der Waals surface area contributed by atoms with Gasteiger partial charge in [0, 0.05) is 22.9 Å². The maximum atomic E-state index is 13.2. The van der Waals surface area contributed by atoms with Crippen molar-refractivity contribution >= 4 is 11.8 Å². The van der Waals surface area contributed by atoms with Crippen LogP contribution in [0.1, 0.15) is 79.6 Å². The first-order valence-electron chi connectivity index (χ1n) is 11.4. The fraction of sp³-hybridized carbons (Fsp3) is 0.833. The van der Waals surface area contributed by atoms with Crippen LogP contribution in [0.4, 0.5) is 0 Å². The molecule has 0 spiro atoms. The third-order valence-electron chi connectivity index (χ3n) is 9.35. The third kappa shape index (κ3) is 2.93. The van der Waals surface area contributed by atoms with Gasteiger partial charge in [0.1, 0.15) is 0 Å². The van der Waals surface area contributed by atoms with Crippen molar-refractivity contribution in [2.45, 2.75) is 91.1 Å². The summed E-state index contributed by atoms with van der Waals surface area (Å²) in [6, 6.07) is 0.279. The van der Waals surface area contributed by atoms with Gasteiger partial charge in [-0.2, -0.15) is 0 Å². The Hall–Kier alpha value is -1.32. The largest absolute Gasteiger partial charge is 0.351 e. The molecule has 0 bridgehead atoms. The van der Waals surface area contributed by atoms with E-state index in [1.54, 1.807) is 6.08 Å². The molecule has 7 atom stereocenters. The van der Waals surface area contributed by atoms with E-state index in [2.05, 4.69) is 51.3 Å². The second-order valence-electron chi connectivity index (χ2n) is 11.1. The molecule has 3 saturated carbocycles. The van der Waals surface area contributed by atoms with Crippen molar-refractivity contribution in [1.82, 2.24) is 10.6 Å². The molecule has 28 heavy (non-hydrogen) atoms. The third-order valence-corrected chi connectivity index (χ3v) is 9.35. The lowest BCUT2D eigenvalue weighted by atomic mass is 9.48. The molecular weight excluding hydrogens is 348 g/mol. The molecule has 1 aliphatic heterocycles. The lowest BCUT2D eigenvalue weighted by Gasteiger charge is -2.58. The molecule has 0 aromatic carbocycles. The molecule has 4 nitrogen and oxygen atoms in total. The van der Waals surface area contributed by atoms with Gasteiger partial charge in [-0.1, -0.05) is 26.8 Å². The van der Waals surface area contributed by atoms with Gasteiger partial charge in [0.25, 0.3) is 0 Å². The first-order chi connectivity index (χ1) is 13.1. The smallest absolute Gasteiger partial charge is 0.243 e. The van der Waals surface area contributed by atoms with Gasteiger partial charge in [-0.15, -0.1) is 0 Å². The molecule has 156 valence electrons. The highest BCUT2D eigenvalue weighted by molar-refractivity contribution is 5.89. The minimum atomic E-state index is -0.126. The molecule has 2 N–H and O–H groups in total. The van der Waals surface area contributed by atoms with Gasteiger partial charge in [-0.25, -0.2) is 0 Å². The predicted octanol–water partition coefficient (Wildman–Crippen LogP) is 4.20. The molecule has 0 saturated heterocycles. The van der Waals surface area contributed by atoms with E-state index >= 15 is 0 Å². The van der Waals surface area contributed by atoms with Crippen molar-refractivity contribution in [1.29, 1.82) is 0 Å². The summed E-state index contributed by atoms with van der Waals surface area (Å²) in [5.41, 5.74) is 0.0714. The molecule has 7 unspecified atom stereocenters. The van der Waals surface area contributed by atoms with Crippen LogP contribution in [0, 0.1) is 34.5 Å². The Labute approximate surface area is 170 Å². The summed E-state index contributed by atoms with van der Waals surface area (Å²) >= 11 is 0. The zero-order valence-electron chi connectivity index (χ0n) is 18.3. The Bertz CT molecular complexity index is 699. The minimum absolute atomic E-state index is 0.0673. The van der Waals surface area contributed by atoms with Gasteiger partial charge in [0.05, 0.1) is 0 Å². The number of hydrogen-bond donors (Lipinski definition) is 2. The highest BCUT2D eigenvalue weighted by Crippen LogP contribution is 2.65. The predicted molar refractivity (Wildman–Crippen MR) is 111 cm³/mol. The van der Waals surface area contributed by atoms with Crippen LogP contribution in [0.3, 0.4) is 0 Å². The monoisotopic (exact) mass is 386 g/mol. The van der Waals surface area contributed by atoms with Crippen LogP contribution in [0.15, 0.2) is 12.2 Å². The number of carbonyl (C=O) groups excluding carboxylic acids is 2. The van der Waals surface area contributed by atoms with E-state index in [1.165, 1.54) is 19.3 Å². The maximum absolute atomic E-state index is 13.2.